The van der Waals surface area contributed by atoms with Gasteiger partial charge in [0.2, 0.25) is 11.8 Å². The Hall–Kier alpha value is -2.48. The van der Waals surface area contributed by atoms with Gasteiger partial charge in [0.05, 0.1) is 17.3 Å². The van der Waals surface area contributed by atoms with E-state index in [0.717, 1.165) is 49.1 Å². The number of piperazine rings is 1. The Balaban J connectivity index is 1.38. The first kappa shape index (κ1) is 22.7. The van der Waals surface area contributed by atoms with Crippen LogP contribution in [0.2, 0.25) is 0 Å². The number of aryl methyl sites for hydroxylation is 1. The second-order valence-electron chi connectivity index (χ2n) is 8.54. The molecule has 32 heavy (non-hydrogen) atoms. The second-order valence-corrected chi connectivity index (χ2v) is 9.62. The zero-order valence-corrected chi connectivity index (χ0v) is 19.4. The SMILES string of the molecule is CCCCCC(=O)Nc1nc2c(s1)CCCC2C(=O)N1CCN(c2ccccc2F)CC1. The van der Waals surface area contributed by atoms with Crippen LogP contribution in [0.1, 0.15) is 61.9 Å². The van der Waals surface area contributed by atoms with Gasteiger partial charge in [0, 0.05) is 37.5 Å². The highest BCUT2D eigenvalue weighted by molar-refractivity contribution is 7.15. The Kier molecular flexibility index (Phi) is 7.40. The summed E-state index contributed by atoms with van der Waals surface area (Å²) < 4.78 is 14.1. The number of nitrogens with zero attached hydrogens (tertiary/aromatic N) is 3. The van der Waals surface area contributed by atoms with Crippen molar-refractivity contribution in [1.82, 2.24) is 9.88 Å². The monoisotopic (exact) mass is 458 g/mol. The summed E-state index contributed by atoms with van der Waals surface area (Å²) in [6.07, 6.45) is 6.15. The molecule has 2 aromatic rings. The van der Waals surface area contributed by atoms with Crippen molar-refractivity contribution in [3.8, 4) is 0 Å². The number of nitrogens with one attached hydrogen (secondary N) is 1. The Morgan fingerprint density at radius 3 is 2.72 bits per heavy atom. The van der Waals surface area contributed by atoms with Crippen LogP contribution in [0.3, 0.4) is 0 Å². The van der Waals surface area contributed by atoms with E-state index in [1.807, 2.05) is 15.9 Å². The molecule has 0 spiro atoms. The normalized spacial score (nSPS) is 18.4. The number of benzene rings is 1. The van der Waals surface area contributed by atoms with Gasteiger partial charge in [-0.05, 0) is 37.8 Å². The van der Waals surface area contributed by atoms with Crippen LogP contribution in [-0.4, -0.2) is 47.9 Å². The quantitative estimate of drug-likeness (QED) is 0.618. The van der Waals surface area contributed by atoms with Gasteiger partial charge in [-0.2, -0.15) is 0 Å². The first-order chi connectivity index (χ1) is 15.6. The molecule has 2 aliphatic rings. The molecule has 1 aliphatic heterocycles. The van der Waals surface area contributed by atoms with Crippen LogP contribution in [0.5, 0.6) is 0 Å². The summed E-state index contributed by atoms with van der Waals surface area (Å²) in [5.74, 6) is -0.376. The van der Waals surface area contributed by atoms with E-state index in [2.05, 4.69) is 17.2 Å². The predicted octanol–water partition coefficient (Wildman–Crippen LogP) is 4.57. The second kappa shape index (κ2) is 10.4. The van der Waals surface area contributed by atoms with Crippen LogP contribution in [0.15, 0.2) is 24.3 Å². The van der Waals surface area contributed by atoms with E-state index in [0.29, 0.717) is 43.4 Å². The Bertz CT molecular complexity index is 955. The third-order valence-electron chi connectivity index (χ3n) is 6.29. The average molecular weight is 459 g/mol. The lowest BCUT2D eigenvalue weighted by atomic mass is 9.89. The Labute approximate surface area is 192 Å². The van der Waals surface area contributed by atoms with Crippen molar-refractivity contribution in [2.75, 3.05) is 36.4 Å². The van der Waals surface area contributed by atoms with E-state index in [1.165, 1.54) is 17.4 Å². The molecule has 0 radical (unpaired) electrons. The van der Waals surface area contributed by atoms with Gasteiger partial charge in [0.25, 0.3) is 0 Å². The van der Waals surface area contributed by atoms with Crippen molar-refractivity contribution in [3.05, 3.63) is 40.7 Å². The van der Waals surface area contributed by atoms with E-state index >= 15 is 0 Å². The van der Waals surface area contributed by atoms with Gasteiger partial charge in [-0.1, -0.05) is 31.9 Å². The van der Waals surface area contributed by atoms with E-state index in [9.17, 15) is 14.0 Å². The third kappa shape index (κ3) is 5.11. The van der Waals surface area contributed by atoms with Crippen molar-refractivity contribution in [1.29, 1.82) is 0 Å². The molecule has 2 amide bonds. The van der Waals surface area contributed by atoms with E-state index in [1.54, 1.807) is 12.1 Å². The molecule has 1 aromatic carbocycles. The summed E-state index contributed by atoms with van der Waals surface area (Å²) >= 11 is 1.51. The maximum absolute atomic E-state index is 14.1. The highest BCUT2D eigenvalue weighted by Crippen LogP contribution is 2.38. The summed E-state index contributed by atoms with van der Waals surface area (Å²) in [4.78, 5) is 35.2. The Morgan fingerprint density at radius 1 is 1.19 bits per heavy atom. The van der Waals surface area contributed by atoms with Crippen LogP contribution < -0.4 is 10.2 Å². The standard InChI is InChI=1S/C24H31FN4O2S/c1-2-3-4-12-21(30)26-24-27-22-17(8-7-11-20(22)32-24)23(31)29-15-13-28(14-16-29)19-10-6-5-9-18(19)25/h5-6,9-10,17H,2-4,7-8,11-16H2,1H3,(H,26,27,30). The summed E-state index contributed by atoms with van der Waals surface area (Å²) in [6.45, 7) is 4.49. The number of anilines is 2. The zero-order valence-electron chi connectivity index (χ0n) is 18.6. The summed E-state index contributed by atoms with van der Waals surface area (Å²) in [5.41, 5.74) is 1.44. The smallest absolute Gasteiger partial charge is 0.231 e. The fraction of sp³-hybridized carbons (Fsp3) is 0.542. The summed E-state index contributed by atoms with van der Waals surface area (Å²) in [6, 6.07) is 6.78. The van der Waals surface area contributed by atoms with Crippen molar-refractivity contribution in [2.24, 2.45) is 0 Å². The van der Waals surface area contributed by atoms with Crippen LogP contribution in [-0.2, 0) is 16.0 Å². The predicted molar refractivity (Wildman–Crippen MR) is 126 cm³/mol. The average Bonchev–Trinajstić information content (AvgIpc) is 3.21. The number of halogens is 1. The van der Waals surface area contributed by atoms with Gasteiger partial charge in [0.1, 0.15) is 5.82 Å². The number of fused-ring (bicyclic) bond motifs is 1. The third-order valence-corrected chi connectivity index (χ3v) is 7.34. The number of amides is 2. The van der Waals surface area contributed by atoms with Crippen LogP contribution in [0.25, 0.3) is 0 Å². The molecule has 2 heterocycles. The molecule has 1 aliphatic carbocycles. The molecule has 4 rings (SSSR count). The van der Waals surface area contributed by atoms with Crippen molar-refractivity contribution < 1.29 is 14.0 Å². The van der Waals surface area contributed by atoms with Gasteiger partial charge in [-0.3, -0.25) is 9.59 Å². The number of aromatic nitrogens is 1. The van der Waals surface area contributed by atoms with Gasteiger partial charge in [0.15, 0.2) is 5.13 Å². The van der Waals surface area contributed by atoms with Crippen molar-refractivity contribution in [3.63, 3.8) is 0 Å². The van der Waals surface area contributed by atoms with Gasteiger partial charge < -0.3 is 15.1 Å². The molecule has 6 nitrogen and oxygen atoms in total. The van der Waals surface area contributed by atoms with E-state index in [4.69, 9.17) is 0 Å². The number of rotatable bonds is 7. The number of para-hydroxylation sites is 1. The molecule has 1 N–H and O–H groups in total. The lowest BCUT2D eigenvalue weighted by Gasteiger charge is -2.38. The molecule has 1 unspecified atom stereocenters. The molecule has 0 bridgehead atoms. The first-order valence-corrected chi connectivity index (χ1v) is 12.5. The minimum atomic E-state index is -0.249. The molecule has 172 valence electrons. The number of hydrogen-bond acceptors (Lipinski definition) is 5. The van der Waals surface area contributed by atoms with E-state index in [-0.39, 0.29) is 23.5 Å². The number of hydrogen-bond donors (Lipinski definition) is 1. The van der Waals surface area contributed by atoms with Crippen molar-refractivity contribution in [2.45, 2.75) is 57.8 Å². The van der Waals surface area contributed by atoms with Gasteiger partial charge >= 0.3 is 0 Å². The zero-order chi connectivity index (χ0) is 22.5. The highest BCUT2D eigenvalue weighted by atomic mass is 32.1. The van der Waals surface area contributed by atoms with Gasteiger partial charge in [-0.15, -0.1) is 11.3 Å². The lowest BCUT2D eigenvalue weighted by molar-refractivity contribution is -0.133. The van der Waals surface area contributed by atoms with Crippen LogP contribution >= 0.6 is 11.3 Å². The molecule has 1 fully saturated rings. The topological polar surface area (TPSA) is 65.5 Å². The molecule has 1 saturated heterocycles. The maximum atomic E-state index is 14.1. The Morgan fingerprint density at radius 2 is 1.97 bits per heavy atom. The number of unbranched alkanes of at least 4 members (excludes halogenated alkanes) is 2. The van der Waals surface area contributed by atoms with Crippen LogP contribution in [0.4, 0.5) is 15.2 Å². The molecular formula is C24H31FN4O2S. The maximum Gasteiger partial charge on any atom is 0.231 e. The highest BCUT2D eigenvalue weighted by Gasteiger charge is 2.34. The fourth-order valence-corrected chi connectivity index (χ4v) is 5.61. The molecule has 0 saturated carbocycles. The minimum Gasteiger partial charge on any atom is -0.366 e. The number of carbonyl (C=O) groups is 2. The largest absolute Gasteiger partial charge is 0.366 e. The molecule has 1 aromatic heterocycles. The molecule has 1 atom stereocenters. The number of carbonyl (C=O) groups excluding carboxylic acids is 2. The number of thiazole rings is 1. The lowest BCUT2D eigenvalue weighted by Crippen LogP contribution is -2.50. The van der Waals surface area contributed by atoms with E-state index < -0.39 is 0 Å². The first-order valence-electron chi connectivity index (χ1n) is 11.6. The molecule has 8 heteroatoms. The van der Waals surface area contributed by atoms with Gasteiger partial charge in [-0.25, -0.2) is 9.37 Å². The summed E-state index contributed by atoms with van der Waals surface area (Å²) in [7, 11) is 0. The summed E-state index contributed by atoms with van der Waals surface area (Å²) in [5, 5.41) is 3.54. The molecular weight excluding hydrogens is 427 g/mol. The van der Waals surface area contributed by atoms with Crippen LogP contribution in [0, 0.1) is 5.82 Å². The minimum absolute atomic E-state index is 0.00307. The fourth-order valence-electron chi connectivity index (χ4n) is 4.53. The van der Waals surface area contributed by atoms with Crippen molar-refractivity contribution >= 4 is 34.0 Å².